The molecule has 0 aromatic heterocycles. The lowest BCUT2D eigenvalue weighted by Crippen LogP contribution is -2.31. The molecule has 0 spiro atoms. The predicted molar refractivity (Wildman–Crippen MR) is 100 cm³/mol. The molecule has 1 amide bonds. The third-order valence-corrected chi connectivity index (χ3v) is 6.07. The van der Waals surface area contributed by atoms with E-state index in [0.29, 0.717) is 31.1 Å². The molecule has 0 saturated carbocycles. The van der Waals surface area contributed by atoms with Crippen LogP contribution in [0.5, 0.6) is 5.75 Å². The van der Waals surface area contributed by atoms with Gasteiger partial charge in [-0.15, -0.1) is 0 Å². The van der Waals surface area contributed by atoms with Gasteiger partial charge in [0, 0.05) is 24.7 Å². The van der Waals surface area contributed by atoms with Crippen LogP contribution < -0.4 is 10.1 Å². The Morgan fingerprint density at radius 2 is 1.84 bits per heavy atom. The van der Waals surface area contributed by atoms with Gasteiger partial charge in [-0.1, -0.05) is 34.1 Å². The van der Waals surface area contributed by atoms with E-state index in [4.69, 9.17) is 4.74 Å². The summed E-state index contributed by atoms with van der Waals surface area (Å²) in [5.41, 5.74) is 0.460. The molecule has 0 heterocycles. The summed E-state index contributed by atoms with van der Waals surface area (Å²) in [5.74, 6) is 0.0608. The quantitative estimate of drug-likeness (QED) is 0.684. The number of anilines is 1. The predicted octanol–water partition coefficient (Wildman–Crippen LogP) is 3.49. The smallest absolute Gasteiger partial charge is 0.246 e. The average Bonchev–Trinajstić information content (AvgIpc) is 2.57. The Morgan fingerprint density at radius 1 is 1.20 bits per heavy atom. The van der Waals surface area contributed by atoms with Gasteiger partial charge in [0.1, 0.15) is 10.6 Å². The minimum atomic E-state index is -3.69. The van der Waals surface area contributed by atoms with Crippen LogP contribution in [0.4, 0.5) is 5.69 Å². The van der Waals surface area contributed by atoms with Crippen LogP contribution in [0.2, 0.25) is 0 Å². The van der Waals surface area contributed by atoms with Crippen molar-refractivity contribution in [2.75, 3.05) is 25.0 Å². The number of amides is 1. The Kier molecular flexibility index (Phi) is 8.38. The first kappa shape index (κ1) is 21.4. The van der Waals surface area contributed by atoms with E-state index >= 15 is 0 Å². The van der Waals surface area contributed by atoms with Gasteiger partial charge in [-0.05, 0) is 31.5 Å². The van der Waals surface area contributed by atoms with Gasteiger partial charge in [-0.3, -0.25) is 4.79 Å². The van der Waals surface area contributed by atoms with Gasteiger partial charge in [-0.2, -0.15) is 4.31 Å². The molecule has 142 valence electrons. The Morgan fingerprint density at radius 3 is 2.36 bits per heavy atom. The van der Waals surface area contributed by atoms with Crippen molar-refractivity contribution in [3.8, 4) is 5.75 Å². The number of nitrogens with zero attached hydrogens (tertiary/aromatic N) is 1. The summed E-state index contributed by atoms with van der Waals surface area (Å²) in [6, 6.07) is 4.75. The molecule has 1 N–H and O–H groups in total. The standard InChI is InChI=1S/C18H30N2O4S/c1-6-10-14(5)18(21)19-15-11-12-16(24-9-4)17(13-15)25(22,23)20(7-2)8-3/h11-14H,6-10H2,1-5H3,(H,19,21). The third kappa shape index (κ3) is 5.44. The van der Waals surface area contributed by atoms with Crippen molar-refractivity contribution in [3.05, 3.63) is 18.2 Å². The first-order chi connectivity index (χ1) is 11.8. The second-order valence-electron chi connectivity index (χ2n) is 5.86. The van der Waals surface area contributed by atoms with E-state index in [0.717, 1.165) is 12.8 Å². The second-order valence-corrected chi connectivity index (χ2v) is 7.77. The first-order valence-corrected chi connectivity index (χ1v) is 10.3. The van der Waals surface area contributed by atoms with Crippen molar-refractivity contribution in [1.29, 1.82) is 0 Å². The lowest BCUT2D eigenvalue weighted by molar-refractivity contribution is -0.119. The van der Waals surface area contributed by atoms with Crippen molar-refractivity contribution >= 4 is 21.6 Å². The molecule has 1 unspecified atom stereocenters. The van der Waals surface area contributed by atoms with Crippen molar-refractivity contribution in [2.45, 2.75) is 52.4 Å². The van der Waals surface area contributed by atoms with Crippen molar-refractivity contribution in [1.82, 2.24) is 4.31 Å². The molecule has 1 aromatic rings. The third-order valence-electron chi connectivity index (χ3n) is 4.00. The molecule has 0 aliphatic heterocycles. The van der Waals surface area contributed by atoms with Gasteiger partial charge in [0.2, 0.25) is 15.9 Å². The molecule has 1 rings (SSSR count). The summed E-state index contributed by atoms with van der Waals surface area (Å²) < 4.78 is 32.7. The van der Waals surface area contributed by atoms with Crippen LogP contribution in [0.1, 0.15) is 47.5 Å². The van der Waals surface area contributed by atoms with E-state index in [1.807, 2.05) is 13.8 Å². The number of benzene rings is 1. The van der Waals surface area contributed by atoms with Gasteiger partial charge in [-0.25, -0.2) is 8.42 Å². The monoisotopic (exact) mass is 370 g/mol. The average molecular weight is 371 g/mol. The Labute approximate surface area is 151 Å². The Bertz CT molecular complexity index is 670. The molecule has 7 heteroatoms. The number of carbonyl (C=O) groups excluding carboxylic acids is 1. The molecule has 0 saturated heterocycles. The van der Waals surface area contributed by atoms with E-state index in [1.54, 1.807) is 32.9 Å². The van der Waals surface area contributed by atoms with Crippen LogP contribution in [-0.2, 0) is 14.8 Å². The Hall–Kier alpha value is -1.60. The zero-order chi connectivity index (χ0) is 19.0. The number of hydrogen-bond donors (Lipinski definition) is 1. The van der Waals surface area contributed by atoms with E-state index < -0.39 is 10.0 Å². The van der Waals surface area contributed by atoms with Gasteiger partial charge >= 0.3 is 0 Å². The van der Waals surface area contributed by atoms with Crippen LogP contribution in [0.3, 0.4) is 0 Å². The highest BCUT2D eigenvalue weighted by Crippen LogP contribution is 2.30. The first-order valence-electron chi connectivity index (χ1n) is 8.89. The maximum atomic E-state index is 12.9. The second kappa shape index (κ2) is 9.77. The summed E-state index contributed by atoms with van der Waals surface area (Å²) in [6.07, 6.45) is 1.70. The number of rotatable bonds is 10. The largest absolute Gasteiger partial charge is 0.492 e. The van der Waals surface area contributed by atoms with E-state index in [2.05, 4.69) is 5.32 Å². The van der Waals surface area contributed by atoms with Crippen LogP contribution >= 0.6 is 0 Å². The Balaban J connectivity index is 3.24. The normalized spacial score (nSPS) is 12.9. The van der Waals surface area contributed by atoms with Crippen LogP contribution in [0.25, 0.3) is 0 Å². The minimum absolute atomic E-state index is 0.0824. The van der Waals surface area contributed by atoms with Crippen LogP contribution in [0, 0.1) is 5.92 Å². The number of ether oxygens (including phenoxy) is 1. The molecule has 25 heavy (non-hydrogen) atoms. The molecule has 1 aromatic carbocycles. The summed E-state index contributed by atoms with van der Waals surface area (Å²) in [7, 11) is -3.69. The molecule has 1 atom stereocenters. The highest BCUT2D eigenvalue weighted by molar-refractivity contribution is 7.89. The van der Waals surface area contributed by atoms with Gasteiger partial charge in [0.25, 0.3) is 0 Å². The molecule has 6 nitrogen and oxygen atoms in total. The summed E-state index contributed by atoms with van der Waals surface area (Å²) >= 11 is 0. The fourth-order valence-electron chi connectivity index (χ4n) is 2.59. The molecule has 0 aliphatic rings. The fraction of sp³-hybridized carbons (Fsp3) is 0.611. The van der Waals surface area contributed by atoms with Gasteiger partial charge in [0.05, 0.1) is 6.61 Å². The minimum Gasteiger partial charge on any atom is -0.492 e. The number of nitrogens with one attached hydrogen (secondary N) is 1. The summed E-state index contributed by atoms with van der Waals surface area (Å²) in [5, 5.41) is 2.81. The zero-order valence-electron chi connectivity index (χ0n) is 15.8. The van der Waals surface area contributed by atoms with Gasteiger partial charge in [0.15, 0.2) is 0 Å². The van der Waals surface area contributed by atoms with E-state index in [1.165, 1.54) is 10.4 Å². The molecular weight excluding hydrogens is 340 g/mol. The van der Waals surface area contributed by atoms with Gasteiger partial charge < -0.3 is 10.1 Å². The molecule has 0 bridgehead atoms. The topological polar surface area (TPSA) is 75.7 Å². The maximum absolute atomic E-state index is 12.9. The maximum Gasteiger partial charge on any atom is 0.246 e. The number of carbonyl (C=O) groups is 1. The molecule has 0 aliphatic carbocycles. The van der Waals surface area contributed by atoms with Crippen LogP contribution in [-0.4, -0.2) is 38.3 Å². The number of sulfonamides is 1. The molecule has 0 radical (unpaired) electrons. The SMILES string of the molecule is CCCC(C)C(=O)Nc1ccc(OCC)c(S(=O)(=O)N(CC)CC)c1. The zero-order valence-corrected chi connectivity index (χ0v) is 16.6. The highest BCUT2D eigenvalue weighted by Gasteiger charge is 2.26. The molecular formula is C18H30N2O4S. The summed E-state index contributed by atoms with van der Waals surface area (Å²) in [6.45, 7) is 10.4. The van der Waals surface area contributed by atoms with Crippen LogP contribution in [0.15, 0.2) is 23.1 Å². The van der Waals surface area contributed by atoms with Crippen molar-refractivity contribution < 1.29 is 17.9 Å². The lowest BCUT2D eigenvalue weighted by Gasteiger charge is -2.21. The lowest BCUT2D eigenvalue weighted by atomic mass is 10.1. The number of hydrogen-bond acceptors (Lipinski definition) is 4. The van der Waals surface area contributed by atoms with E-state index in [9.17, 15) is 13.2 Å². The highest BCUT2D eigenvalue weighted by atomic mass is 32.2. The molecule has 0 fully saturated rings. The summed E-state index contributed by atoms with van der Waals surface area (Å²) in [4.78, 5) is 12.3. The van der Waals surface area contributed by atoms with E-state index in [-0.39, 0.29) is 16.7 Å². The fourth-order valence-corrected chi connectivity index (χ4v) is 4.21. The van der Waals surface area contributed by atoms with Crippen molar-refractivity contribution in [2.24, 2.45) is 5.92 Å². The van der Waals surface area contributed by atoms with Crippen molar-refractivity contribution in [3.63, 3.8) is 0 Å².